The highest BCUT2D eigenvalue weighted by atomic mass is 35.6. The molecule has 0 aromatic heterocycles. The molecule has 4 N–H and O–H groups in total. The Labute approximate surface area is 68.6 Å². The first-order chi connectivity index (χ1) is 4.62. The maximum Gasteiger partial charge on any atom is 0.154 e. The van der Waals surface area contributed by atoms with Crippen LogP contribution in [0.1, 0.15) is 6.42 Å². The zero-order chi connectivity index (χ0) is 8.04. The molecule has 10 heavy (non-hydrogen) atoms. The van der Waals surface area contributed by atoms with Crippen LogP contribution >= 0.6 is 11.1 Å². The summed E-state index contributed by atoms with van der Waals surface area (Å²) in [5, 5.41) is 0. The minimum atomic E-state index is -1.46. The molecule has 0 aliphatic heterocycles. The van der Waals surface area contributed by atoms with E-state index in [1.54, 1.807) is 0 Å². The summed E-state index contributed by atoms with van der Waals surface area (Å²) in [4.78, 5) is 0. The topological polar surface area (TPSA) is 52.0 Å². The van der Waals surface area contributed by atoms with Crippen LogP contribution < -0.4 is 11.5 Å². The Morgan fingerprint density at radius 2 is 1.80 bits per heavy atom. The molecule has 0 radical (unpaired) electrons. The van der Waals surface area contributed by atoms with Crippen LogP contribution in [-0.4, -0.2) is 20.5 Å². The fourth-order valence-electron chi connectivity index (χ4n) is 0.897. The molecule has 0 saturated carbocycles. The number of nitrogens with two attached hydrogens (primary N) is 2. The Balaban J connectivity index is 3.42. The van der Waals surface area contributed by atoms with Crippen LogP contribution in [0, 0.1) is 0 Å². The van der Waals surface area contributed by atoms with E-state index in [1.165, 1.54) is 0 Å². The Morgan fingerprint density at radius 1 is 1.20 bits per heavy atom. The van der Waals surface area contributed by atoms with Gasteiger partial charge in [-0.15, -0.1) is 0 Å². The van der Waals surface area contributed by atoms with Crippen LogP contribution in [0.25, 0.3) is 0 Å². The molecule has 0 rings (SSSR count). The van der Waals surface area contributed by atoms with Crippen molar-refractivity contribution in [2.75, 3.05) is 13.1 Å². The number of hydrogen-bond acceptors (Lipinski definition) is 2. The molecule has 0 bridgehead atoms. The lowest BCUT2D eigenvalue weighted by atomic mass is 10.5. The summed E-state index contributed by atoms with van der Waals surface area (Å²) in [6, 6.07) is 2.11. The SMILES string of the molecule is C[Si](Cl)(CCN)CCCN. The summed E-state index contributed by atoms with van der Waals surface area (Å²) in [6.07, 6.45) is 1.05. The molecule has 4 heteroatoms. The molecule has 0 aliphatic rings. The summed E-state index contributed by atoms with van der Waals surface area (Å²) in [5.41, 5.74) is 10.8. The lowest BCUT2D eigenvalue weighted by molar-refractivity contribution is 0.909. The highest BCUT2D eigenvalue weighted by Gasteiger charge is 2.21. The van der Waals surface area contributed by atoms with Crippen LogP contribution in [0.5, 0.6) is 0 Å². The summed E-state index contributed by atoms with van der Waals surface area (Å²) in [6.45, 7) is 3.62. The fourth-order valence-corrected chi connectivity index (χ4v) is 3.42. The van der Waals surface area contributed by atoms with Gasteiger partial charge >= 0.3 is 0 Å². The lowest BCUT2D eigenvalue weighted by Crippen LogP contribution is -2.26. The molecule has 0 aromatic rings. The van der Waals surface area contributed by atoms with E-state index in [2.05, 4.69) is 6.55 Å². The van der Waals surface area contributed by atoms with E-state index in [1.807, 2.05) is 0 Å². The van der Waals surface area contributed by atoms with Gasteiger partial charge in [0, 0.05) is 0 Å². The van der Waals surface area contributed by atoms with Gasteiger partial charge in [0.25, 0.3) is 0 Å². The van der Waals surface area contributed by atoms with Crippen molar-refractivity contribution in [2.24, 2.45) is 11.5 Å². The van der Waals surface area contributed by atoms with Gasteiger partial charge in [0.15, 0.2) is 7.38 Å². The molecular formula is C6H17ClN2Si. The van der Waals surface area contributed by atoms with Crippen molar-refractivity contribution in [1.29, 1.82) is 0 Å². The second-order valence-electron chi connectivity index (χ2n) is 2.84. The van der Waals surface area contributed by atoms with Gasteiger partial charge < -0.3 is 11.5 Å². The third-order valence-electron chi connectivity index (χ3n) is 1.57. The standard InChI is InChI=1S/C6H17ClN2Si/c1-10(7,6-4-9)5-2-3-8/h2-6,8-9H2,1H3. The Morgan fingerprint density at radius 3 is 2.20 bits per heavy atom. The van der Waals surface area contributed by atoms with Crippen molar-refractivity contribution in [2.45, 2.75) is 25.1 Å². The van der Waals surface area contributed by atoms with E-state index >= 15 is 0 Å². The van der Waals surface area contributed by atoms with Crippen LogP contribution in [0.15, 0.2) is 0 Å². The second-order valence-corrected chi connectivity index (χ2v) is 9.41. The van der Waals surface area contributed by atoms with Gasteiger partial charge in [0.2, 0.25) is 0 Å². The Kier molecular flexibility index (Phi) is 5.35. The third kappa shape index (κ3) is 5.23. The van der Waals surface area contributed by atoms with Crippen LogP contribution in [0.2, 0.25) is 18.6 Å². The predicted molar refractivity (Wildman–Crippen MR) is 49.8 cm³/mol. The van der Waals surface area contributed by atoms with Gasteiger partial charge in [-0.25, -0.2) is 0 Å². The number of hydrogen-bond donors (Lipinski definition) is 2. The molecule has 2 nitrogen and oxygen atoms in total. The summed E-state index contributed by atoms with van der Waals surface area (Å²) in [7, 11) is -1.46. The van der Waals surface area contributed by atoms with Gasteiger partial charge in [0.05, 0.1) is 0 Å². The van der Waals surface area contributed by atoms with Gasteiger partial charge in [0.1, 0.15) is 0 Å². The van der Waals surface area contributed by atoms with E-state index in [0.717, 1.165) is 31.6 Å². The quantitative estimate of drug-likeness (QED) is 0.492. The zero-order valence-electron chi connectivity index (χ0n) is 6.57. The van der Waals surface area contributed by atoms with E-state index in [-0.39, 0.29) is 0 Å². The van der Waals surface area contributed by atoms with Crippen LogP contribution in [0.3, 0.4) is 0 Å². The average Bonchev–Trinajstić information content (AvgIpc) is 1.84. The molecule has 1 unspecified atom stereocenters. The first-order valence-corrected chi connectivity index (χ1v) is 7.64. The first-order valence-electron chi connectivity index (χ1n) is 3.71. The molecule has 1 atom stereocenters. The molecule has 0 heterocycles. The highest BCUT2D eigenvalue weighted by molar-refractivity contribution is 7.19. The highest BCUT2D eigenvalue weighted by Crippen LogP contribution is 2.20. The molecule has 0 fully saturated rings. The van der Waals surface area contributed by atoms with E-state index in [0.29, 0.717) is 0 Å². The monoisotopic (exact) mass is 180 g/mol. The van der Waals surface area contributed by atoms with Crippen molar-refractivity contribution in [3.63, 3.8) is 0 Å². The molecular weight excluding hydrogens is 164 g/mol. The normalized spacial score (nSPS) is 16.8. The first kappa shape index (κ1) is 10.4. The number of halogens is 1. The van der Waals surface area contributed by atoms with Gasteiger partial charge in [-0.1, -0.05) is 6.55 Å². The lowest BCUT2D eigenvalue weighted by Gasteiger charge is -2.16. The average molecular weight is 181 g/mol. The third-order valence-corrected chi connectivity index (χ3v) is 5.43. The van der Waals surface area contributed by atoms with Crippen molar-refractivity contribution in [1.82, 2.24) is 0 Å². The summed E-state index contributed by atoms with van der Waals surface area (Å²) >= 11 is 6.22. The Hall–Kier alpha value is 0.427. The molecule has 0 aliphatic carbocycles. The molecule has 62 valence electrons. The van der Waals surface area contributed by atoms with Crippen LogP contribution in [0.4, 0.5) is 0 Å². The largest absolute Gasteiger partial charge is 0.331 e. The summed E-state index contributed by atoms with van der Waals surface area (Å²) in [5.74, 6) is 0. The molecule has 0 aromatic carbocycles. The molecule has 0 amide bonds. The predicted octanol–water partition coefficient (Wildman–Crippen LogP) is 1.11. The maximum absolute atomic E-state index is 6.22. The van der Waals surface area contributed by atoms with Crippen molar-refractivity contribution in [3.05, 3.63) is 0 Å². The van der Waals surface area contributed by atoms with E-state index in [4.69, 9.17) is 22.5 Å². The fraction of sp³-hybridized carbons (Fsp3) is 1.00. The van der Waals surface area contributed by atoms with Gasteiger partial charge in [-0.2, -0.15) is 11.1 Å². The number of rotatable bonds is 5. The van der Waals surface area contributed by atoms with Crippen LogP contribution in [-0.2, 0) is 0 Å². The molecule has 0 spiro atoms. The molecule has 0 saturated heterocycles. The summed E-state index contributed by atoms with van der Waals surface area (Å²) < 4.78 is 0. The van der Waals surface area contributed by atoms with Crippen molar-refractivity contribution < 1.29 is 0 Å². The second kappa shape index (κ2) is 5.13. The minimum absolute atomic E-state index is 0.719. The zero-order valence-corrected chi connectivity index (χ0v) is 8.32. The smallest absolute Gasteiger partial charge is 0.154 e. The van der Waals surface area contributed by atoms with Crippen molar-refractivity contribution in [3.8, 4) is 0 Å². The van der Waals surface area contributed by atoms with E-state index in [9.17, 15) is 0 Å². The van der Waals surface area contributed by atoms with Crippen molar-refractivity contribution >= 4 is 18.5 Å². The maximum atomic E-state index is 6.22. The van der Waals surface area contributed by atoms with Gasteiger partial charge in [-0.3, -0.25) is 0 Å². The van der Waals surface area contributed by atoms with Gasteiger partial charge in [-0.05, 0) is 31.6 Å². The van der Waals surface area contributed by atoms with E-state index < -0.39 is 7.38 Å². The minimum Gasteiger partial charge on any atom is -0.331 e. The Bertz CT molecular complexity index is 87.8.